The van der Waals surface area contributed by atoms with E-state index < -0.39 is 12.1 Å². The van der Waals surface area contributed by atoms with Gasteiger partial charge in [-0.25, -0.2) is 31.3 Å². The van der Waals surface area contributed by atoms with Crippen LogP contribution < -0.4 is 33.2 Å². The molecule has 0 saturated carbocycles. The highest BCUT2D eigenvalue weighted by Crippen LogP contribution is 2.36. The van der Waals surface area contributed by atoms with Crippen molar-refractivity contribution < 1.29 is 9.59 Å². The van der Waals surface area contributed by atoms with E-state index in [4.69, 9.17) is 34.8 Å². The van der Waals surface area contributed by atoms with E-state index in [1.165, 1.54) is 0 Å². The van der Waals surface area contributed by atoms with E-state index in [1.54, 1.807) is 31.2 Å². The van der Waals surface area contributed by atoms with Crippen LogP contribution in [-0.4, -0.2) is 22.0 Å². The number of rotatable bonds is 3. The number of primary amides is 2. The molecule has 0 atom stereocenters. The smallest absolute Gasteiger partial charge is 0.336 e. The number of carbonyl (C=O) groups excluding carboxylic acids is 2. The number of aromatic nitrogens is 2. The average molecular weight is 351 g/mol. The first-order chi connectivity index (χ1) is 11.2. The molecular weight excluding hydrogens is 336 g/mol. The van der Waals surface area contributed by atoms with Gasteiger partial charge in [-0.2, -0.15) is 9.99 Å². The standard InChI is InChI=1S/C13H15ClN8O2/c1-6-9(7-4-2-3-5-8(7)14)10(21(17)11(15)23)20-13(19-6)22(18)12(16)24/h2-5H,17-18H2,1H3,(H2,15,23)(H2,16,24). The van der Waals surface area contributed by atoms with Crippen LogP contribution in [0.1, 0.15) is 5.69 Å². The van der Waals surface area contributed by atoms with E-state index in [0.29, 0.717) is 31.9 Å². The minimum absolute atomic E-state index is 0.0743. The maximum Gasteiger partial charge on any atom is 0.336 e. The number of anilines is 2. The van der Waals surface area contributed by atoms with Crippen molar-refractivity contribution in [2.24, 2.45) is 23.2 Å². The highest BCUT2D eigenvalue weighted by molar-refractivity contribution is 6.33. The fraction of sp³-hybridized carbons (Fsp3) is 0.0769. The van der Waals surface area contributed by atoms with Crippen molar-refractivity contribution in [1.29, 1.82) is 0 Å². The van der Waals surface area contributed by atoms with Gasteiger partial charge in [0.05, 0.1) is 5.69 Å². The Morgan fingerprint density at radius 2 is 1.62 bits per heavy atom. The highest BCUT2D eigenvalue weighted by atomic mass is 35.5. The molecule has 0 fully saturated rings. The van der Waals surface area contributed by atoms with Crippen molar-refractivity contribution in [3.05, 3.63) is 35.0 Å². The monoisotopic (exact) mass is 350 g/mol. The Kier molecular flexibility index (Phi) is 4.83. The van der Waals surface area contributed by atoms with Crippen LogP contribution in [0.3, 0.4) is 0 Å². The van der Waals surface area contributed by atoms with Crippen LogP contribution in [0.5, 0.6) is 0 Å². The molecule has 2 aromatic rings. The van der Waals surface area contributed by atoms with Gasteiger partial charge in [-0.15, -0.1) is 0 Å². The maximum absolute atomic E-state index is 11.5. The molecule has 0 unspecified atom stereocenters. The van der Waals surface area contributed by atoms with Crippen molar-refractivity contribution in [3.8, 4) is 11.1 Å². The number of hydrogen-bond acceptors (Lipinski definition) is 6. The van der Waals surface area contributed by atoms with Gasteiger partial charge in [-0.1, -0.05) is 29.8 Å². The fourth-order valence-corrected chi connectivity index (χ4v) is 2.24. The number of nitrogens with zero attached hydrogens (tertiary/aromatic N) is 4. The third kappa shape index (κ3) is 3.20. The van der Waals surface area contributed by atoms with Gasteiger partial charge in [-0.05, 0) is 13.0 Å². The van der Waals surface area contributed by atoms with E-state index in [9.17, 15) is 9.59 Å². The molecule has 11 heteroatoms. The number of halogens is 1. The van der Waals surface area contributed by atoms with Crippen molar-refractivity contribution in [2.45, 2.75) is 6.92 Å². The largest absolute Gasteiger partial charge is 0.350 e. The minimum atomic E-state index is -0.992. The van der Waals surface area contributed by atoms with E-state index in [1.807, 2.05) is 0 Å². The Bertz CT molecular complexity index is 813. The first-order valence-corrected chi connectivity index (χ1v) is 6.94. The Balaban J connectivity index is 2.77. The quantitative estimate of drug-likeness (QED) is 0.359. The summed E-state index contributed by atoms with van der Waals surface area (Å²) in [7, 11) is 0. The summed E-state index contributed by atoms with van der Waals surface area (Å²) in [6, 6.07) is 4.85. The molecule has 2 rings (SSSR count). The average Bonchev–Trinajstić information content (AvgIpc) is 2.53. The van der Waals surface area contributed by atoms with Crippen LogP contribution in [0.15, 0.2) is 24.3 Å². The first-order valence-electron chi connectivity index (χ1n) is 6.56. The molecule has 0 aliphatic rings. The second-order valence-electron chi connectivity index (χ2n) is 4.70. The number of hydrazine groups is 2. The lowest BCUT2D eigenvalue weighted by atomic mass is 10.0. The lowest BCUT2D eigenvalue weighted by Gasteiger charge is -2.21. The van der Waals surface area contributed by atoms with Gasteiger partial charge in [0.2, 0.25) is 0 Å². The zero-order valence-electron chi connectivity index (χ0n) is 12.6. The normalized spacial score (nSPS) is 10.3. The third-order valence-electron chi connectivity index (χ3n) is 3.12. The van der Waals surface area contributed by atoms with Crippen molar-refractivity contribution in [2.75, 3.05) is 10.0 Å². The predicted molar refractivity (Wildman–Crippen MR) is 89.7 cm³/mol. The molecule has 1 heterocycles. The lowest BCUT2D eigenvalue weighted by Crippen LogP contribution is -2.45. The van der Waals surface area contributed by atoms with Gasteiger partial charge in [0, 0.05) is 16.1 Å². The molecule has 24 heavy (non-hydrogen) atoms. The molecule has 1 aromatic carbocycles. The Hall–Kier alpha value is -2.95. The molecule has 0 radical (unpaired) electrons. The van der Waals surface area contributed by atoms with Crippen LogP contribution in [0.4, 0.5) is 21.4 Å². The SMILES string of the molecule is Cc1nc(N(N)C(N)=O)nc(N(N)C(N)=O)c1-c1ccccc1Cl. The minimum Gasteiger partial charge on any atom is -0.350 e. The molecule has 0 bridgehead atoms. The molecule has 0 saturated heterocycles. The van der Waals surface area contributed by atoms with Gasteiger partial charge in [-0.3, -0.25) is 0 Å². The summed E-state index contributed by atoms with van der Waals surface area (Å²) in [4.78, 5) is 30.8. The van der Waals surface area contributed by atoms with Gasteiger partial charge < -0.3 is 11.5 Å². The molecule has 1 aromatic heterocycles. The van der Waals surface area contributed by atoms with E-state index >= 15 is 0 Å². The Morgan fingerprint density at radius 3 is 2.17 bits per heavy atom. The van der Waals surface area contributed by atoms with Crippen molar-refractivity contribution in [1.82, 2.24) is 9.97 Å². The molecule has 8 N–H and O–H groups in total. The number of amides is 4. The Labute approximate surface area is 141 Å². The molecule has 126 valence electrons. The summed E-state index contributed by atoms with van der Waals surface area (Å²) in [5.41, 5.74) is 11.6. The van der Waals surface area contributed by atoms with Crippen LogP contribution in [0, 0.1) is 6.92 Å². The van der Waals surface area contributed by atoms with Crippen LogP contribution in [0.2, 0.25) is 5.02 Å². The molecule has 10 nitrogen and oxygen atoms in total. The number of urea groups is 2. The van der Waals surface area contributed by atoms with Gasteiger partial charge >= 0.3 is 12.1 Å². The Morgan fingerprint density at radius 1 is 1.04 bits per heavy atom. The maximum atomic E-state index is 11.5. The molecule has 0 aliphatic heterocycles. The number of aryl methyl sites for hydroxylation is 1. The first kappa shape index (κ1) is 17.4. The topological polar surface area (TPSA) is 170 Å². The molecule has 0 aliphatic carbocycles. The lowest BCUT2D eigenvalue weighted by molar-refractivity contribution is 0.253. The molecule has 4 amide bonds. The van der Waals surface area contributed by atoms with Crippen molar-refractivity contribution in [3.63, 3.8) is 0 Å². The number of nitrogens with two attached hydrogens (primary N) is 4. The van der Waals surface area contributed by atoms with Crippen LogP contribution >= 0.6 is 11.6 Å². The zero-order valence-corrected chi connectivity index (χ0v) is 13.4. The molecule has 0 spiro atoms. The summed E-state index contributed by atoms with van der Waals surface area (Å²) in [6.45, 7) is 1.61. The van der Waals surface area contributed by atoms with E-state index in [-0.39, 0.29) is 11.8 Å². The summed E-state index contributed by atoms with van der Waals surface area (Å²) in [5, 5.41) is 1.50. The highest BCUT2D eigenvalue weighted by Gasteiger charge is 2.24. The molecular formula is C13H15ClN8O2. The second-order valence-corrected chi connectivity index (χ2v) is 5.11. The number of carbonyl (C=O) groups is 2. The van der Waals surface area contributed by atoms with Crippen LogP contribution in [0.25, 0.3) is 11.1 Å². The third-order valence-corrected chi connectivity index (χ3v) is 3.45. The van der Waals surface area contributed by atoms with Crippen molar-refractivity contribution >= 4 is 35.4 Å². The summed E-state index contributed by atoms with van der Waals surface area (Å²) in [6.07, 6.45) is 0. The second kappa shape index (κ2) is 6.66. The summed E-state index contributed by atoms with van der Waals surface area (Å²) in [5.74, 6) is 10.9. The van der Waals surface area contributed by atoms with Crippen LogP contribution in [-0.2, 0) is 0 Å². The zero-order chi connectivity index (χ0) is 18.0. The predicted octanol–water partition coefficient (Wildman–Crippen LogP) is 0.623. The van der Waals surface area contributed by atoms with Gasteiger partial charge in [0.15, 0.2) is 5.82 Å². The van der Waals surface area contributed by atoms with Gasteiger partial charge in [0.1, 0.15) is 0 Å². The number of benzene rings is 1. The fourth-order valence-electron chi connectivity index (χ4n) is 2.01. The van der Waals surface area contributed by atoms with E-state index in [0.717, 1.165) is 0 Å². The summed E-state index contributed by atoms with van der Waals surface area (Å²) < 4.78 is 0. The summed E-state index contributed by atoms with van der Waals surface area (Å²) >= 11 is 6.20. The van der Waals surface area contributed by atoms with E-state index in [2.05, 4.69) is 9.97 Å². The number of hydrogen-bond donors (Lipinski definition) is 4. The van der Waals surface area contributed by atoms with Gasteiger partial charge in [0.25, 0.3) is 5.95 Å².